The molecule has 0 saturated carbocycles. The number of methoxy groups -OCH3 is 2. The molecule has 0 atom stereocenters. The highest BCUT2D eigenvalue weighted by Crippen LogP contribution is 2.47. The average molecular weight is 210 g/mol. The van der Waals surface area contributed by atoms with Crippen molar-refractivity contribution in [1.29, 1.82) is 0 Å². The van der Waals surface area contributed by atoms with Gasteiger partial charge in [-0.3, -0.25) is 4.79 Å². The van der Waals surface area contributed by atoms with Crippen LogP contribution < -0.4 is 14.2 Å². The number of fused-ring (bicyclic) bond motifs is 1. The van der Waals surface area contributed by atoms with Crippen molar-refractivity contribution in [2.24, 2.45) is 0 Å². The van der Waals surface area contributed by atoms with Crippen LogP contribution in [0.25, 0.3) is 0 Å². The molecule has 1 heterocycles. The smallest absolute Gasteiger partial charge is 0.207 e. The Kier molecular flexibility index (Phi) is 2.15. The molecule has 0 aliphatic carbocycles. The second-order valence-electron chi connectivity index (χ2n) is 3.05. The molecular weight excluding hydrogens is 200 g/mol. The lowest BCUT2D eigenvalue weighted by atomic mass is 10.1. The fraction of sp³-hybridized carbons (Fsp3) is 0.300. The van der Waals surface area contributed by atoms with Gasteiger partial charge in [-0.25, -0.2) is 0 Å². The molecule has 2 rings (SSSR count). The van der Waals surface area contributed by atoms with E-state index in [1.54, 1.807) is 0 Å². The van der Waals surface area contributed by atoms with E-state index in [1.165, 1.54) is 20.3 Å². The highest BCUT2D eigenvalue weighted by molar-refractivity contribution is 6.06. The zero-order valence-electron chi connectivity index (χ0n) is 8.36. The first-order chi connectivity index (χ1) is 7.19. The van der Waals surface area contributed by atoms with Gasteiger partial charge in [0.2, 0.25) is 11.5 Å². The number of carbonyl (C=O) groups excluding carboxylic acids is 1. The summed E-state index contributed by atoms with van der Waals surface area (Å²) in [7, 11) is 2.89. The molecule has 0 unspecified atom stereocenters. The van der Waals surface area contributed by atoms with E-state index in [1.807, 2.05) is 0 Å². The topological polar surface area (TPSA) is 65.0 Å². The average Bonchev–Trinajstić information content (AvgIpc) is 2.61. The number of phenolic OH excluding ortho intramolecular Hbond substituents is 1. The van der Waals surface area contributed by atoms with Crippen molar-refractivity contribution < 1.29 is 24.1 Å². The van der Waals surface area contributed by atoms with Gasteiger partial charge in [0.05, 0.1) is 14.2 Å². The first kappa shape index (κ1) is 9.64. The molecule has 80 valence electrons. The Morgan fingerprint density at radius 2 is 2.13 bits per heavy atom. The SMILES string of the molecule is COc1cc(O)c2c(c1OC)OCC2=O. The number of ether oxygens (including phenoxy) is 3. The second kappa shape index (κ2) is 3.34. The van der Waals surface area contributed by atoms with Crippen LogP contribution in [0.4, 0.5) is 0 Å². The minimum Gasteiger partial charge on any atom is -0.507 e. The summed E-state index contributed by atoms with van der Waals surface area (Å²) in [5.41, 5.74) is 0.160. The third-order valence-corrected chi connectivity index (χ3v) is 2.23. The highest BCUT2D eigenvalue weighted by atomic mass is 16.5. The van der Waals surface area contributed by atoms with Gasteiger partial charge < -0.3 is 19.3 Å². The van der Waals surface area contributed by atoms with Crippen LogP contribution in [0.5, 0.6) is 23.0 Å². The zero-order chi connectivity index (χ0) is 11.0. The summed E-state index contributed by atoms with van der Waals surface area (Å²) in [6.07, 6.45) is 0. The normalized spacial score (nSPS) is 13.3. The number of ketones is 1. The lowest BCUT2D eigenvalue weighted by molar-refractivity contribution is 0.0959. The van der Waals surface area contributed by atoms with Gasteiger partial charge in [-0.2, -0.15) is 0 Å². The van der Waals surface area contributed by atoms with E-state index in [-0.39, 0.29) is 29.5 Å². The Hall–Kier alpha value is -1.91. The lowest BCUT2D eigenvalue weighted by Gasteiger charge is -2.11. The number of hydrogen-bond donors (Lipinski definition) is 1. The van der Waals surface area contributed by atoms with Crippen LogP contribution in [0, 0.1) is 0 Å². The summed E-state index contributed by atoms with van der Waals surface area (Å²) in [6, 6.07) is 1.34. The maximum absolute atomic E-state index is 11.4. The van der Waals surface area contributed by atoms with E-state index in [2.05, 4.69) is 0 Å². The minimum atomic E-state index is -0.261. The summed E-state index contributed by atoms with van der Waals surface area (Å²) < 4.78 is 15.2. The van der Waals surface area contributed by atoms with Crippen LogP contribution in [0.1, 0.15) is 10.4 Å². The zero-order valence-corrected chi connectivity index (χ0v) is 8.36. The summed E-state index contributed by atoms with van der Waals surface area (Å²) in [5, 5.41) is 9.60. The number of Topliss-reactive ketones (excluding diaryl/α,β-unsaturated/α-hetero) is 1. The molecule has 5 heteroatoms. The predicted octanol–water partition coefficient (Wildman–Crippen LogP) is 0.984. The fourth-order valence-corrected chi connectivity index (χ4v) is 1.57. The van der Waals surface area contributed by atoms with Crippen molar-refractivity contribution in [3.8, 4) is 23.0 Å². The minimum absolute atomic E-state index is 0.0770. The van der Waals surface area contributed by atoms with Crippen LogP contribution >= 0.6 is 0 Å². The number of rotatable bonds is 2. The highest BCUT2D eigenvalue weighted by Gasteiger charge is 2.31. The monoisotopic (exact) mass is 210 g/mol. The fourth-order valence-electron chi connectivity index (χ4n) is 1.57. The first-order valence-electron chi connectivity index (χ1n) is 4.33. The maximum Gasteiger partial charge on any atom is 0.207 e. The van der Waals surface area contributed by atoms with E-state index in [4.69, 9.17) is 14.2 Å². The molecule has 0 radical (unpaired) electrons. The molecular formula is C10H10O5. The number of hydrogen-bond acceptors (Lipinski definition) is 5. The number of aromatic hydroxyl groups is 1. The standard InChI is InChI=1S/C10H10O5/c1-13-7-3-5(11)8-6(12)4-15-10(8)9(7)14-2/h3,11H,4H2,1-2H3. The van der Waals surface area contributed by atoms with E-state index >= 15 is 0 Å². The third kappa shape index (κ3) is 1.27. The third-order valence-electron chi connectivity index (χ3n) is 2.23. The molecule has 1 aromatic carbocycles. The van der Waals surface area contributed by atoms with Gasteiger partial charge in [0, 0.05) is 6.07 Å². The summed E-state index contributed by atoms with van der Waals surface area (Å²) >= 11 is 0. The first-order valence-corrected chi connectivity index (χ1v) is 4.33. The molecule has 0 fully saturated rings. The molecule has 5 nitrogen and oxygen atoms in total. The van der Waals surface area contributed by atoms with Crippen LogP contribution in [0.15, 0.2) is 6.07 Å². The molecule has 1 aliphatic rings. The van der Waals surface area contributed by atoms with Gasteiger partial charge in [-0.05, 0) is 0 Å². The van der Waals surface area contributed by atoms with Gasteiger partial charge in [0.15, 0.2) is 18.1 Å². The predicted molar refractivity (Wildman–Crippen MR) is 51.0 cm³/mol. The molecule has 15 heavy (non-hydrogen) atoms. The molecule has 0 amide bonds. The quantitative estimate of drug-likeness (QED) is 0.788. The van der Waals surface area contributed by atoms with Crippen molar-refractivity contribution in [2.45, 2.75) is 0 Å². The van der Waals surface area contributed by atoms with Gasteiger partial charge in [0.25, 0.3) is 0 Å². The largest absolute Gasteiger partial charge is 0.507 e. The summed E-state index contributed by atoms with van der Waals surface area (Å²) in [4.78, 5) is 11.4. The van der Waals surface area contributed by atoms with Gasteiger partial charge in [0.1, 0.15) is 11.3 Å². The summed E-state index contributed by atoms with van der Waals surface area (Å²) in [5.74, 6) is 0.507. The summed E-state index contributed by atoms with van der Waals surface area (Å²) in [6.45, 7) is -0.0770. The molecule has 1 N–H and O–H groups in total. The Morgan fingerprint density at radius 3 is 2.73 bits per heavy atom. The number of carbonyl (C=O) groups is 1. The van der Waals surface area contributed by atoms with Crippen molar-refractivity contribution >= 4 is 5.78 Å². The van der Waals surface area contributed by atoms with Crippen molar-refractivity contribution in [3.05, 3.63) is 11.6 Å². The molecule has 0 aromatic heterocycles. The molecule has 0 bridgehead atoms. The van der Waals surface area contributed by atoms with Crippen molar-refractivity contribution in [3.63, 3.8) is 0 Å². The number of phenols is 1. The van der Waals surface area contributed by atoms with Gasteiger partial charge in [-0.1, -0.05) is 0 Å². The van der Waals surface area contributed by atoms with Crippen molar-refractivity contribution in [2.75, 3.05) is 20.8 Å². The molecule has 0 spiro atoms. The Balaban J connectivity index is 2.69. The van der Waals surface area contributed by atoms with Crippen LogP contribution in [-0.2, 0) is 0 Å². The van der Waals surface area contributed by atoms with Crippen LogP contribution in [-0.4, -0.2) is 31.7 Å². The van der Waals surface area contributed by atoms with Crippen LogP contribution in [0.3, 0.4) is 0 Å². The van der Waals surface area contributed by atoms with Crippen LogP contribution in [0.2, 0.25) is 0 Å². The second-order valence-corrected chi connectivity index (χ2v) is 3.05. The van der Waals surface area contributed by atoms with E-state index in [0.717, 1.165) is 0 Å². The Morgan fingerprint density at radius 1 is 1.40 bits per heavy atom. The van der Waals surface area contributed by atoms with Gasteiger partial charge in [-0.15, -0.1) is 0 Å². The van der Waals surface area contributed by atoms with Gasteiger partial charge >= 0.3 is 0 Å². The van der Waals surface area contributed by atoms with Crippen molar-refractivity contribution in [1.82, 2.24) is 0 Å². The Bertz CT molecular complexity index is 424. The lowest BCUT2D eigenvalue weighted by Crippen LogP contribution is -1.99. The van der Waals surface area contributed by atoms with E-state index in [9.17, 15) is 9.90 Å². The molecule has 1 aliphatic heterocycles. The van der Waals surface area contributed by atoms with E-state index in [0.29, 0.717) is 11.5 Å². The Labute approximate surface area is 86.2 Å². The maximum atomic E-state index is 11.4. The van der Waals surface area contributed by atoms with E-state index < -0.39 is 0 Å². The molecule has 1 aromatic rings. The molecule has 0 saturated heterocycles. The number of benzene rings is 1.